The van der Waals surface area contributed by atoms with Crippen molar-refractivity contribution in [3.63, 3.8) is 0 Å². The summed E-state index contributed by atoms with van der Waals surface area (Å²) in [5.74, 6) is 0.757. The average Bonchev–Trinajstić information content (AvgIpc) is 3.05. The summed E-state index contributed by atoms with van der Waals surface area (Å²) < 4.78 is 17.4. The number of aliphatic hydroxyl groups is 1. The Bertz CT molecular complexity index is 1170. The smallest absolute Gasteiger partial charge is 0.290 e. The van der Waals surface area contributed by atoms with Gasteiger partial charge >= 0.3 is 0 Å². The minimum Gasteiger partial charge on any atom is -0.490 e. The van der Waals surface area contributed by atoms with Crippen LogP contribution in [0, 0.1) is 0 Å². The van der Waals surface area contributed by atoms with Crippen LogP contribution in [0.25, 0.3) is 11.0 Å². The first-order valence-electron chi connectivity index (χ1n) is 10.5. The Hall–Kier alpha value is -3.32. The van der Waals surface area contributed by atoms with Crippen LogP contribution in [-0.4, -0.2) is 42.3 Å². The van der Waals surface area contributed by atoms with Crippen molar-refractivity contribution in [2.24, 2.45) is 0 Å². The van der Waals surface area contributed by atoms with Crippen LogP contribution in [0.4, 0.5) is 0 Å². The molecule has 1 atom stereocenters. The van der Waals surface area contributed by atoms with Crippen LogP contribution in [0.5, 0.6) is 11.5 Å². The molecule has 1 aliphatic rings. The highest BCUT2D eigenvalue weighted by molar-refractivity contribution is 5.99. The van der Waals surface area contributed by atoms with Crippen LogP contribution in [0.2, 0.25) is 0 Å². The standard InChI is InChI=1S/C24H25NO6/c1-3-13-30-18-10-9-15(14-19(18)29-4-2)21-20-22(27)16-7-5-6-8-17(16)31-23(20)24(28)25(21)11-12-26/h5-10,14,21,26H,3-4,11-13H2,1-2H3/t21-/m0/s1. The van der Waals surface area contributed by atoms with E-state index in [4.69, 9.17) is 13.9 Å². The Labute approximate surface area is 179 Å². The number of β-amino-alcohol motifs (C(OH)–C–C–N with tert-alkyl or cyclic N) is 1. The van der Waals surface area contributed by atoms with E-state index in [-0.39, 0.29) is 29.9 Å². The second-order valence-electron chi connectivity index (χ2n) is 7.28. The van der Waals surface area contributed by atoms with Crippen molar-refractivity contribution < 1.29 is 23.8 Å². The van der Waals surface area contributed by atoms with Crippen LogP contribution in [0.3, 0.4) is 0 Å². The van der Waals surface area contributed by atoms with E-state index in [0.29, 0.717) is 41.2 Å². The Kier molecular flexibility index (Phi) is 5.95. The first kappa shape index (κ1) is 20.9. The lowest BCUT2D eigenvalue weighted by molar-refractivity contribution is 0.0691. The first-order valence-corrected chi connectivity index (χ1v) is 10.5. The molecule has 0 radical (unpaired) electrons. The number of hydrogen-bond donors (Lipinski definition) is 1. The number of amides is 1. The second kappa shape index (κ2) is 8.81. The summed E-state index contributed by atoms with van der Waals surface area (Å²) in [6.07, 6.45) is 0.857. The molecule has 7 nitrogen and oxygen atoms in total. The van der Waals surface area contributed by atoms with Gasteiger partial charge in [-0.1, -0.05) is 25.1 Å². The quantitative estimate of drug-likeness (QED) is 0.596. The second-order valence-corrected chi connectivity index (χ2v) is 7.28. The lowest BCUT2D eigenvalue weighted by Crippen LogP contribution is -2.32. The van der Waals surface area contributed by atoms with Gasteiger partial charge in [-0.3, -0.25) is 9.59 Å². The van der Waals surface area contributed by atoms with Gasteiger partial charge in [0.25, 0.3) is 5.91 Å². The normalized spacial score (nSPS) is 15.4. The van der Waals surface area contributed by atoms with Crippen LogP contribution in [0.15, 0.2) is 51.7 Å². The molecule has 2 heterocycles. The van der Waals surface area contributed by atoms with Gasteiger partial charge in [-0.15, -0.1) is 0 Å². The molecule has 3 aromatic rings. The topological polar surface area (TPSA) is 89.2 Å². The lowest BCUT2D eigenvalue weighted by Gasteiger charge is -2.25. The lowest BCUT2D eigenvalue weighted by atomic mass is 9.98. The molecule has 1 amide bonds. The number of ether oxygens (including phenoxy) is 2. The average molecular weight is 423 g/mol. The van der Waals surface area contributed by atoms with E-state index in [1.54, 1.807) is 36.4 Å². The minimum atomic E-state index is -0.685. The summed E-state index contributed by atoms with van der Waals surface area (Å²) in [6.45, 7) is 4.73. The van der Waals surface area contributed by atoms with Crippen molar-refractivity contribution in [1.29, 1.82) is 0 Å². The van der Waals surface area contributed by atoms with Crippen LogP contribution >= 0.6 is 0 Å². The zero-order valence-corrected chi connectivity index (χ0v) is 17.6. The highest BCUT2D eigenvalue weighted by Crippen LogP contribution is 2.40. The molecule has 0 aliphatic carbocycles. The third-order valence-corrected chi connectivity index (χ3v) is 5.26. The van der Waals surface area contributed by atoms with Gasteiger partial charge in [-0.25, -0.2) is 0 Å². The fourth-order valence-corrected chi connectivity index (χ4v) is 3.95. The number of benzene rings is 2. The maximum Gasteiger partial charge on any atom is 0.290 e. The van der Waals surface area contributed by atoms with Crippen molar-refractivity contribution in [2.45, 2.75) is 26.3 Å². The molecule has 0 fully saturated rings. The van der Waals surface area contributed by atoms with Crippen LogP contribution in [0.1, 0.15) is 48.0 Å². The molecule has 2 aromatic carbocycles. The molecule has 31 heavy (non-hydrogen) atoms. The third kappa shape index (κ3) is 3.65. The van der Waals surface area contributed by atoms with Gasteiger partial charge in [-0.05, 0) is 43.2 Å². The van der Waals surface area contributed by atoms with Crippen molar-refractivity contribution in [3.8, 4) is 11.5 Å². The molecule has 0 bridgehead atoms. The molecule has 1 aromatic heterocycles. The summed E-state index contributed by atoms with van der Waals surface area (Å²) in [6, 6.07) is 11.6. The van der Waals surface area contributed by atoms with Crippen molar-refractivity contribution in [2.75, 3.05) is 26.4 Å². The molecular formula is C24H25NO6. The number of para-hydroxylation sites is 1. The van der Waals surface area contributed by atoms with E-state index in [9.17, 15) is 14.7 Å². The number of aliphatic hydroxyl groups excluding tert-OH is 1. The van der Waals surface area contributed by atoms with E-state index >= 15 is 0 Å². The van der Waals surface area contributed by atoms with E-state index in [1.165, 1.54) is 4.90 Å². The SMILES string of the molecule is CCCOc1ccc([C@H]2c3c(oc4ccccc4c3=O)C(=O)N2CCO)cc1OCC. The Morgan fingerprint density at radius 1 is 1.06 bits per heavy atom. The summed E-state index contributed by atoms with van der Waals surface area (Å²) in [5.41, 5.74) is 1.08. The van der Waals surface area contributed by atoms with Crippen LogP contribution < -0.4 is 14.9 Å². The van der Waals surface area contributed by atoms with Gasteiger partial charge in [0.1, 0.15) is 5.58 Å². The van der Waals surface area contributed by atoms with Gasteiger partial charge in [0, 0.05) is 6.54 Å². The maximum absolute atomic E-state index is 13.4. The van der Waals surface area contributed by atoms with Gasteiger partial charge in [-0.2, -0.15) is 0 Å². The molecule has 0 saturated heterocycles. The van der Waals surface area contributed by atoms with E-state index in [0.717, 1.165) is 6.42 Å². The summed E-state index contributed by atoms with van der Waals surface area (Å²) in [5, 5.41) is 9.99. The monoisotopic (exact) mass is 423 g/mol. The predicted molar refractivity (Wildman–Crippen MR) is 116 cm³/mol. The predicted octanol–water partition coefficient (Wildman–Crippen LogP) is 3.52. The van der Waals surface area contributed by atoms with Crippen molar-refractivity contribution in [1.82, 2.24) is 4.90 Å². The Balaban J connectivity index is 1.89. The molecule has 1 N–H and O–H groups in total. The molecule has 0 saturated carbocycles. The van der Waals surface area contributed by atoms with Crippen molar-refractivity contribution >= 4 is 16.9 Å². The fraction of sp³-hybridized carbons (Fsp3) is 0.333. The summed E-state index contributed by atoms with van der Waals surface area (Å²) in [7, 11) is 0. The molecular weight excluding hydrogens is 398 g/mol. The molecule has 7 heteroatoms. The molecule has 0 unspecified atom stereocenters. The van der Waals surface area contributed by atoms with Crippen molar-refractivity contribution in [3.05, 3.63) is 69.6 Å². The maximum atomic E-state index is 13.4. The Morgan fingerprint density at radius 2 is 1.87 bits per heavy atom. The summed E-state index contributed by atoms with van der Waals surface area (Å²) in [4.78, 5) is 27.9. The zero-order chi connectivity index (χ0) is 22.0. The number of carbonyl (C=O) groups excluding carboxylic acids is 1. The zero-order valence-electron chi connectivity index (χ0n) is 17.6. The highest BCUT2D eigenvalue weighted by atomic mass is 16.5. The van der Waals surface area contributed by atoms with E-state index < -0.39 is 11.9 Å². The summed E-state index contributed by atoms with van der Waals surface area (Å²) >= 11 is 0. The largest absolute Gasteiger partial charge is 0.490 e. The Morgan fingerprint density at radius 3 is 2.61 bits per heavy atom. The molecule has 162 valence electrons. The van der Waals surface area contributed by atoms with Crippen LogP contribution in [-0.2, 0) is 0 Å². The van der Waals surface area contributed by atoms with E-state index in [1.807, 2.05) is 19.9 Å². The number of fused-ring (bicyclic) bond motifs is 2. The molecule has 0 spiro atoms. The minimum absolute atomic E-state index is 0.0198. The third-order valence-electron chi connectivity index (χ3n) is 5.26. The molecule has 1 aliphatic heterocycles. The van der Waals surface area contributed by atoms with Gasteiger partial charge in [0.05, 0.1) is 36.8 Å². The number of rotatable bonds is 8. The highest BCUT2D eigenvalue weighted by Gasteiger charge is 2.42. The molecule has 4 rings (SSSR count). The number of nitrogens with zero attached hydrogens (tertiary/aromatic N) is 1. The number of carbonyl (C=O) groups is 1. The van der Waals surface area contributed by atoms with Gasteiger partial charge < -0.3 is 23.9 Å². The van der Waals surface area contributed by atoms with E-state index in [2.05, 4.69) is 0 Å². The van der Waals surface area contributed by atoms with Gasteiger partial charge in [0.15, 0.2) is 16.9 Å². The number of hydrogen-bond acceptors (Lipinski definition) is 6. The van der Waals surface area contributed by atoms with Gasteiger partial charge in [0.2, 0.25) is 5.76 Å². The first-order chi connectivity index (χ1) is 15.1. The fourth-order valence-electron chi connectivity index (χ4n) is 3.95.